The molecule has 0 N–H and O–H groups in total. The van der Waals surface area contributed by atoms with Gasteiger partial charge in [-0.2, -0.15) is 0 Å². The normalized spacial score (nSPS) is 14.5. The van der Waals surface area contributed by atoms with Crippen molar-refractivity contribution in [1.29, 1.82) is 0 Å². The molecular weight excluding hydrogens is 396 g/mol. The predicted molar refractivity (Wildman–Crippen MR) is 120 cm³/mol. The Morgan fingerprint density at radius 1 is 1.43 bits per heavy atom. The third-order valence-electron chi connectivity index (χ3n) is 4.23. The van der Waals surface area contributed by atoms with Crippen LogP contribution in [-0.2, 0) is 6.54 Å². The summed E-state index contributed by atoms with van der Waals surface area (Å²) in [6.45, 7) is 12.4. The molecule has 156 valence electrons. The molecule has 0 spiro atoms. The Morgan fingerprint density at radius 2 is 2.14 bits per heavy atom. The lowest BCUT2D eigenvalue weighted by Gasteiger charge is -2.23. The summed E-state index contributed by atoms with van der Waals surface area (Å²) in [7, 11) is 1.65. The molecule has 1 rings (SSSR count). The lowest BCUT2D eigenvalue weighted by Crippen LogP contribution is -2.14. The van der Waals surface area contributed by atoms with E-state index in [9.17, 15) is 8.78 Å². The van der Waals surface area contributed by atoms with E-state index in [0.717, 1.165) is 27.8 Å². The van der Waals surface area contributed by atoms with E-state index >= 15 is 0 Å². The van der Waals surface area contributed by atoms with Crippen molar-refractivity contribution >= 4 is 29.0 Å². The van der Waals surface area contributed by atoms with Crippen molar-refractivity contribution in [2.45, 2.75) is 53.5 Å². The van der Waals surface area contributed by atoms with Crippen molar-refractivity contribution in [2.75, 3.05) is 12.8 Å². The Morgan fingerprint density at radius 3 is 2.64 bits per heavy atom. The van der Waals surface area contributed by atoms with Crippen molar-refractivity contribution in [3.05, 3.63) is 52.2 Å². The summed E-state index contributed by atoms with van der Waals surface area (Å²) in [5.41, 5.74) is 2.97. The van der Waals surface area contributed by atoms with Gasteiger partial charge in [0, 0.05) is 30.6 Å². The third-order valence-corrected chi connectivity index (χ3v) is 6.17. The van der Waals surface area contributed by atoms with Crippen LogP contribution in [0.1, 0.15) is 50.4 Å². The summed E-state index contributed by atoms with van der Waals surface area (Å²) in [6.07, 6.45) is 6.72. The van der Waals surface area contributed by atoms with Crippen LogP contribution < -0.4 is 0 Å². The molecule has 0 aliphatic carbocycles. The first-order valence-electron chi connectivity index (χ1n) is 9.48. The minimum atomic E-state index is -2.35. The first kappa shape index (κ1) is 24.6. The molecular formula is C21H31F2N3S2. The van der Waals surface area contributed by atoms with Gasteiger partial charge in [0.1, 0.15) is 5.01 Å². The van der Waals surface area contributed by atoms with Crippen molar-refractivity contribution < 1.29 is 8.78 Å². The van der Waals surface area contributed by atoms with Crippen LogP contribution in [0, 0.1) is 5.92 Å². The second kappa shape index (κ2) is 12.9. The molecule has 1 aromatic heterocycles. The van der Waals surface area contributed by atoms with Gasteiger partial charge in [-0.15, -0.1) is 11.3 Å². The fourth-order valence-corrected chi connectivity index (χ4v) is 4.35. The monoisotopic (exact) mass is 427 g/mol. The topological polar surface area (TPSA) is 28.5 Å². The lowest BCUT2D eigenvalue weighted by atomic mass is 10.0. The second-order valence-electron chi connectivity index (χ2n) is 6.25. The molecule has 0 saturated carbocycles. The van der Waals surface area contributed by atoms with Gasteiger partial charge in [0.2, 0.25) is 6.43 Å². The number of aromatic nitrogens is 1. The molecule has 0 aliphatic heterocycles. The van der Waals surface area contributed by atoms with Crippen LogP contribution in [0.5, 0.6) is 0 Å². The lowest BCUT2D eigenvalue weighted by molar-refractivity contribution is 0.0900. The fourth-order valence-electron chi connectivity index (χ4n) is 2.52. The van der Waals surface area contributed by atoms with Crippen LogP contribution in [0.25, 0.3) is 0 Å². The van der Waals surface area contributed by atoms with E-state index in [4.69, 9.17) is 0 Å². The highest BCUT2D eigenvalue weighted by Gasteiger charge is 2.20. The maximum absolute atomic E-state index is 12.9. The zero-order valence-corrected chi connectivity index (χ0v) is 19.0. The van der Waals surface area contributed by atoms with E-state index in [1.54, 1.807) is 32.1 Å². The zero-order valence-electron chi connectivity index (χ0n) is 17.4. The largest absolute Gasteiger partial charge is 0.309 e. The highest BCUT2D eigenvalue weighted by molar-refractivity contribution is 7.97. The molecule has 1 heterocycles. The quantitative estimate of drug-likeness (QED) is 0.210. The second-order valence-corrected chi connectivity index (χ2v) is 8.64. The molecule has 28 heavy (non-hydrogen) atoms. The Labute approximate surface area is 176 Å². The Kier molecular flexibility index (Phi) is 11.3. The Hall–Kier alpha value is -1.47. The Balaban J connectivity index is 3.02. The number of hydrogen-bond acceptors (Lipinski definition) is 5. The summed E-state index contributed by atoms with van der Waals surface area (Å²) in [5.74, 6) is 0.203. The summed E-state index contributed by atoms with van der Waals surface area (Å²) >= 11 is 3.22. The third kappa shape index (κ3) is 7.51. The molecule has 3 nitrogen and oxygen atoms in total. The SMILES string of the molecule is C=C/C(=C\C(=C/C)CC)N(Cc1ncc(/C(CC(C)C(F)F)=N/C)s1)SCC. The van der Waals surface area contributed by atoms with Gasteiger partial charge in [0.05, 0.1) is 17.1 Å². The van der Waals surface area contributed by atoms with E-state index in [1.165, 1.54) is 16.9 Å². The van der Waals surface area contributed by atoms with Crippen molar-refractivity contribution in [2.24, 2.45) is 10.9 Å². The zero-order chi connectivity index (χ0) is 21.1. The number of halogens is 2. The molecule has 7 heteroatoms. The maximum atomic E-state index is 12.9. The molecule has 0 aliphatic rings. The van der Waals surface area contributed by atoms with Gasteiger partial charge >= 0.3 is 0 Å². The molecule has 0 aromatic carbocycles. The van der Waals surface area contributed by atoms with Crippen LogP contribution in [0.2, 0.25) is 0 Å². The first-order valence-corrected chi connectivity index (χ1v) is 11.2. The van der Waals surface area contributed by atoms with Gasteiger partial charge in [0.25, 0.3) is 0 Å². The summed E-state index contributed by atoms with van der Waals surface area (Å²) < 4.78 is 28.0. The average molecular weight is 428 g/mol. The van der Waals surface area contributed by atoms with E-state index in [0.29, 0.717) is 12.3 Å². The molecule has 0 saturated heterocycles. The van der Waals surface area contributed by atoms with Gasteiger partial charge in [-0.25, -0.2) is 13.8 Å². The maximum Gasteiger partial charge on any atom is 0.241 e. The highest BCUT2D eigenvalue weighted by Crippen LogP contribution is 2.27. The minimum Gasteiger partial charge on any atom is -0.309 e. The van der Waals surface area contributed by atoms with Gasteiger partial charge in [-0.3, -0.25) is 4.99 Å². The van der Waals surface area contributed by atoms with Crippen molar-refractivity contribution in [3.8, 4) is 0 Å². The summed E-state index contributed by atoms with van der Waals surface area (Å²) in [6, 6.07) is 0. The first-order chi connectivity index (χ1) is 13.4. The van der Waals surface area contributed by atoms with Gasteiger partial charge in [0.15, 0.2) is 0 Å². The number of alkyl halides is 2. The van der Waals surface area contributed by atoms with Crippen LogP contribution >= 0.6 is 23.3 Å². The number of aliphatic imine (C=N–C) groups is 1. The summed E-state index contributed by atoms with van der Waals surface area (Å²) in [5, 5.41) is 0.924. The van der Waals surface area contributed by atoms with E-state index in [1.807, 2.05) is 13.0 Å². The van der Waals surface area contributed by atoms with E-state index in [2.05, 4.69) is 46.9 Å². The van der Waals surface area contributed by atoms with E-state index < -0.39 is 12.3 Å². The molecule has 1 unspecified atom stereocenters. The standard InChI is InChI=1S/C21H31F2N3S2/c1-7-16(8-2)12-17(9-3)26(27-10-4)14-20-25-13-19(28-20)18(24-6)11-15(5)21(22)23/h7,9,12-13,15,21H,3,8,10-11,14H2,1-2,4-6H3/b16-7-,17-12+,24-18+. The number of thiazole rings is 1. The summed E-state index contributed by atoms with van der Waals surface area (Å²) in [4.78, 5) is 9.60. The number of allylic oxidation sites excluding steroid dienone is 4. The number of rotatable bonds is 12. The number of hydrogen-bond donors (Lipinski definition) is 0. The van der Waals surface area contributed by atoms with Crippen molar-refractivity contribution in [1.82, 2.24) is 9.29 Å². The highest BCUT2D eigenvalue weighted by atomic mass is 32.2. The molecule has 1 atom stereocenters. The minimum absolute atomic E-state index is 0.252. The average Bonchev–Trinajstić information content (AvgIpc) is 3.15. The number of nitrogens with zero attached hydrogens (tertiary/aromatic N) is 3. The smallest absolute Gasteiger partial charge is 0.241 e. The van der Waals surface area contributed by atoms with Crippen LogP contribution in [0.4, 0.5) is 8.78 Å². The molecule has 1 aromatic rings. The van der Waals surface area contributed by atoms with Crippen LogP contribution in [-0.4, -0.2) is 34.2 Å². The predicted octanol–water partition coefficient (Wildman–Crippen LogP) is 6.75. The van der Waals surface area contributed by atoms with Crippen molar-refractivity contribution in [3.63, 3.8) is 0 Å². The van der Waals surface area contributed by atoms with E-state index in [-0.39, 0.29) is 6.42 Å². The Bertz CT molecular complexity index is 708. The molecule has 0 radical (unpaired) electrons. The van der Waals surface area contributed by atoms with Crippen LogP contribution in [0.3, 0.4) is 0 Å². The fraction of sp³-hybridized carbons (Fsp3) is 0.524. The van der Waals surface area contributed by atoms with Gasteiger partial charge < -0.3 is 4.31 Å². The molecule has 0 fully saturated rings. The van der Waals surface area contributed by atoms with Gasteiger partial charge in [-0.1, -0.05) is 39.0 Å². The van der Waals surface area contributed by atoms with Crippen LogP contribution in [0.15, 0.2) is 47.3 Å². The molecule has 0 bridgehead atoms. The van der Waals surface area contributed by atoms with Gasteiger partial charge in [-0.05, 0) is 43.9 Å². The molecule has 0 amide bonds.